The molecule has 1 amide bonds. The molecule has 0 saturated carbocycles. The molecule has 3 aromatic rings. The van der Waals surface area contributed by atoms with E-state index in [4.69, 9.17) is 14.0 Å². The number of likely N-dealkylation sites (tertiary alicyclic amines) is 1. The van der Waals surface area contributed by atoms with Gasteiger partial charge in [0.15, 0.2) is 23.4 Å². The van der Waals surface area contributed by atoms with Gasteiger partial charge in [0, 0.05) is 25.2 Å². The van der Waals surface area contributed by atoms with Crippen LogP contribution in [-0.4, -0.2) is 57.2 Å². The predicted octanol–water partition coefficient (Wildman–Crippen LogP) is 3.02. The summed E-state index contributed by atoms with van der Waals surface area (Å²) in [6, 6.07) is 7.29. The van der Waals surface area contributed by atoms with E-state index in [2.05, 4.69) is 20.1 Å². The average molecular weight is 423 g/mol. The summed E-state index contributed by atoms with van der Waals surface area (Å²) in [6.45, 7) is 4.79. The van der Waals surface area contributed by atoms with Crippen LogP contribution in [0.3, 0.4) is 0 Å². The van der Waals surface area contributed by atoms with E-state index in [9.17, 15) is 4.79 Å². The van der Waals surface area contributed by atoms with E-state index in [1.807, 2.05) is 19.1 Å². The highest BCUT2D eigenvalue weighted by atomic mass is 16.5. The molecule has 4 rings (SSSR count). The highest BCUT2D eigenvalue weighted by molar-refractivity contribution is 5.81. The number of benzene rings is 1. The fraction of sp³-hybridized carbons (Fsp3) is 0.409. The molecule has 3 heterocycles. The Balaban J connectivity index is 1.42. The van der Waals surface area contributed by atoms with Crippen LogP contribution in [0.15, 0.2) is 41.2 Å². The fourth-order valence-electron chi connectivity index (χ4n) is 3.61. The Labute approximate surface area is 180 Å². The lowest BCUT2D eigenvalue weighted by Gasteiger charge is -2.33. The quantitative estimate of drug-likeness (QED) is 0.596. The van der Waals surface area contributed by atoms with Gasteiger partial charge in [0.2, 0.25) is 0 Å². The largest absolute Gasteiger partial charge is 0.493 e. The number of aryl methyl sites for hydroxylation is 1. The van der Waals surface area contributed by atoms with Crippen molar-refractivity contribution in [3.05, 3.63) is 48.2 Å². The number of hydrogen-bond acceptors (Lipinski definition) is 8. The first-order valence-corrected chi connectivity index (χ1v) is 10.3. The second-order valence-electron chi connectivity index (χ2n) is 7.54. The smallest absolute Gasteiger partial charge is 0.278 e. The standard InChI is InChI=1S/C22H25N5O4/c1-14-11-24-17(12-23-14)21-25-20(26-31-21)16-7-6-10-27(13-16)22(28)15(2)30-19-9-5-4-8-18(19)29-3/h4-5,8-9,11-12,15-16H,6-7,10,13H2,1-3H3/t15-,16+/m0/s1. The van der Waals surface area contributed by atoms with Crippen LogP contribution >= 0.6 is 0 Å². The summed E-state index contributed by atoms with van der Waals surface area (Å²) in [5.41, 5.74) is 1.35. The second kappa shape index (κ2) is 9.11. The van der Waals surface area contributed by atoms with Crippen LogP contribution in [0.25, 0.3) is 11.6 Å². The van der Waals surface area contributed by atoms with Gasteiger partial charge in [0.1, 0.15) is 5.69 Å². The molecule has 9 heteroatoms. The summed E-state index contributed by atoms with van der Waals surface area (Å²) in [5.74, 6) is 1.96. The number of carbonyl (C=O) groups excluding carboxylic acids is 1. The topological polar surface area (TPSA) is 103 Å². The molecule has 1 aliphatic heterocycles. The molecular formula is C22H25N5O4. The molecular weight excluding hydrogens is 398 g/mol. The lowest BCUT2D eigenvalue weighted by Crippen LogP contribution is -2.45. The van der Waals surface area contributed by atoms with Gasteiger partial charge in [-0.05, 0) is 38.8 Å². The maximum atomic E-state index is 13.0. The highest BCUT2D eigenvalue weighted by Gasteiger charge is 2.31. The van der Waals surface area contributed by atoms with E-state index < -0.39 is 6.10 Å². The van der Waals surface area contributed by atoms with Gasteiger partial charge < -0.3 is 18.9 Å². The van der Waals surface area contributed by atoms with Crippen LogP contribution in [-0.2, 0) is 4.79 Å². The van der Waals surface area contributed by atoms with E-state index in [-0.39, 0.29) is 11.8 Å². The molecule has 162 valence electrons. The van der Waals surface area contributed by atoms with Crippen molar-refractivity contribution < 1.29 is 18.8 Å². The maximum Gasteiger partial charge on any atom is 0.278 e. The van der Waals surface area contributed by atoms with Gasteiger partial charge in [-0.25, -0.2) is 4.98 Å². The molecule has 0 N–H and O–H groups in total. The number of para-hydroxylation sites is 2. The Morgan fingerprint density at radius 2 is 2.03 bits per heavy atom. The van der Waals surface area contributed by atoms with Crippen molar-refractivity contribution in [2.45, 2.75) is 38.7 Å². The fourth-order valence-corrected chi connectivity index (χ4v) is 3.61. The summed E-state index contributed by atoms with van der Waals surface area (Å²) in [7, 11) is 1.57. The minimum absolute atomic E-state index is 0.00734. The number of piperidine rings is 1. The number of methoxy groups -OCH3 is 1. The van der Waals surface area contributed by atoms with Crippen molar-refractivity contribution >= 4 is 5.91 Å². The van der Waals surface area contributed by atoms with Crippen molar-refractivity contribution in [1.82, 2.24) is 25.0 Å². The number of carbonyl (C=O) groups is 1. The molecule has 31 heavy (non-hydrogen) atoms. The number of amides is 1. The van der Waals surface area contributed by atoms with Crippen molar-refractivity contribution in [1.29, 1.82) is 0 Å². The number of ether oxygens (including phenoxy) is 2. The third-order valence-corrected chi connectivity index (χ3v) is 5.26. The number of aromatic nitrogens is 4. The van der Waals surface area contributed by atoms with Crippen LogP contribution in [0.1, 0.15) is 37.2 Å². The maximum absolute atomic E-state index is 13.0. The van der Waals surface area contributed by atoms with Gasteiger partial charge in [0.05, 0.1) is 19.0 Å². The van der Waals surface area contributed by atoms with Crippen molar-refractivity contribution in [2.24, 2.45) is 0 Å². The molecule has 9 nitrogen and oxygen atoms in total. The van der Waals surface area contributed by atoms with E-state index in [1.165, 1.54) is 0 Å². The Kier molecular flexibility index (Phi) is 6.11. The highest BCUT2D eigenvalue weighted by Crippen LogP contribution is 2.29. The Bertz CT molecular complexity index is 1040. The van der Waals surface area contributed by atoms with Gasteiger partial charge in [-0.1, -0.05) is 17.3 Å². The normalized spacial score (nSPS) is 17.3. The molecule has 2 atom stereocenters. The summed E-state index contributed by atoms with van der Waals surface area (Å²) >= 11 is 0. The van der Waals surface area contributed by atoms with Crippen LogP contribution in [0, 0.1) is 6.92 Å². The van der Waals surface area contributed by atoms with Gasteiger partial charge >= 0.3 is 0 Å². The predicted molar refractivity (Wildman–Crippen MR) is 112 cm³/mol. The van der Waals surface area contributed by atoms with Gasteiger partial charge in [-0.15, -0.1) is 0 Å². The first-order valence-electron chi connectivity index (χ1n) is 10.3. The molecule has 1 aliphatic rings. The molecule has 2 aromatic heterocycles. The van der Waals surface area contributed by atoms with Crippen LogP contribution in [0.5, 0.6) is 11.5 Å². The van der Waals surface area contributed by atoms with E-state index >= 15 is 0 Å². The zero-order chi connectivity index (χ0) is 21.8. The molecule has 0 aliphatic carbocycles. The first kappa shape index (κ1) is 20.8. The monoisotopic (exact) mass is 423 g/mol. The van der Waals surface area contributed by atoms with Crippen LogP contribution in [0.2, 0.25) is 0 Å². The summed E-state index contributed by atoms with van der Waals surface area (Å²) < 4.78 is 16.6. The number of nitrogens with zero attached hydrogens (tertiary/aromatic N) is 5. The van der Waals surface area contributed by atoms with Crippen LogP contribution < -0.4 is 9.47 Å². The zero-order valence-electron chi connectivity index (χ0n) is 17.8. The van der Waals surface area contributed by atoms with E-state index in [1.54, 1.807) is 43.5 Å². The van der Waals surface area contributed by atoms with Crippen molar-refractivity contribution in [3.8, 4) is 23.1 Å². The van der Waals surface area contributed by atoms with Gasteiger partial charge in [-0.3, -0.25) is 9.78 Å². The summed E-state index contributed by atoms with van der Waals surface area (Å²) in [6.07, 6.45) is 4.36. The van der Waals surface area contributed by atoms with Gasteiger partial charge in [-0.2, -0.15) is 4.98 Å². The molecule has 1 saturated heterocycles. The van der Waals surface area contributed by atoms with E-state index in [0.29, 0.717) is 42.0 Å². The molecule has 0 unspecified atom stereocenters. The number of rotatable bonds is 6. The average Bonchev–Trinajstić information content (AvgIpc) is 3.30. The minimum Gasteiger partial charge on any atom is -0.493 e. The van der Waals surface area contributed by atoms with Crippen LogP contribution in [0.4, 0.5) is 0 Å². The zero-order valence-corrected chi connectivity index (χ0v) is 17.8. The third kappa shape index (κ3) is 4.65. The van der Waals surface area contributed by atoms with Gasteiger partial charge in [0.25, 0.3) is 11.8 Å². The minimum atomic E-state index is -0.640. The Morgan fingerprint density at radius 1 is 1.23 bits per heavy atom. The molecule has 1 aromatic carbocycles. The van der Waals surface area contributed by atoms with Crippen molar-refractivity contribution in [2.75, 3.05) is 20.2 Å². The first-order chi connectivity index (χ1) is 15.0. The SMILES string of the molecule is COc1ccccc1O[C@@H](C)C(=O)N1CCC[C@@H](c2noc(-c3cnc(C)cn3)n2)C1. The Morgan fingerprint density at radius 3 is 2.77 bits per heavy atom. The number of hydrogen-bond donors (Lipinski definition) is 0. The van der Waals surface area contributed by atoms with E-state index in [0.717, 1.165) is 18.5 Å². The molecule has 0 spiro atoms. The lowest BCUT2D eigenvalue weighted by molar-refractivity contribution is -0.139. The van der Waals surface area contributed by atoms with Crippen molar-refractivity contribution in [3.63, 3.8) is 0 Å². The summed E-state index contributed by atoms with van der Waals surface area (Å²) in [4.78, 5) is 27.8. The third-order valence-electron chi connectivity index (χ3n) is 5.26. The lowest BCUT2D eigenvalue weighted by atomic mass is 9.97. The second-order valence-corrected chi connectivity index (χ2v) is 7.54. The summed E-state index contributed by atoms with van der Waals surface area (Å²) in [5, 5.41) is 4.13. The Hall–Kier alpha value is -3.49. The molecule has 0 bridgehead atoms. The molecule has 0 radical (unpaired) electrons. The molecule has 1 fully saturated rings.